The van der Waals surface area contributed by atoms with Gasteiger partial charge in [-0.1, -0.05) is 54.6 Å². The molecule has 0 spiro atoms. The number of aryl methyl sites for hydroxylation is 1. The molecule has 0 unspecified atom stereocenters. The van der Waals surface area contributed by atoms with Gasteiger partial charge in [0.15, 0.2) is 15.8 Å². The van der Waals surface area contributed by atoms with Crippen LogP contribution in [0, 0.1) is 6.92 Å². The van der Waals surface area contributed by atoms with E-state index in [0.29, 0.717) is 11.4 Å². The molecule has 6 heteroatoms. The van der Waals surface area contributed by atoms with E-state index in [-0.39, 0.29) is 0 Å². The van der Waals surface area contributed by atoms with Crippen molar-refractivity contribution in [2.24, 2.45) is 4.99 Å². The fourth-order valence-corrected chi connectivity index (χ4v) is 4.52. The molecular weight excluding hydrogens is 394 g/mol. The summed E-state index contributed by atoms with van der Waals surface area (Å²) in [4.78, 5) is 5.03. The molecule has 0 aliphatic rings. The Morgan fingerprint density at radius 3 is 2.50 bits per heavy atom. The van der Waals surface area contributed by atoms with Crippen molar-refractivity contribution in [1.29, 1.82) is 0 Å². The van der Waals surface area contributed by atoms with Crippen LogP contribution in [0.25, 0.3) is 10.8 Å². The number of aliphatic imine (C=N–C) groups is 1. The molecule has 3 aromatic rings. The second-order valence-electron chi connectivity index (χ2n) is 7.38. The average Bonchev–Trinajstić information content (AvgIpc) is 2.71. The van der Waals surface area contributed by atoms with Crippen LogP contribution in [0.2, 0.25) is 0 Å². The molecular formula is C24H29N3O2S. The second kappa shape index (κ2) is 9.76. The first kappa shape index (κ1) is 21.8. The van der Waals surface area contributed by atoms with E-state index in [9.17, 15) is 8.42 Å². The highest BCUT2D eigenvalue weighted by Gasteiger charge is 2.10. The molecule has 5 nitrogen and oxygen atoms in total. The van der Waals surface area contributed by atoms with Gasteiger partial charge in [-0.05, 0) is 53.8 Å². The number of sulfone groups is 1. The minimum atomic E-state index is -3.20. The quantitative estimate of drug-likeness (QED) is 0.447. The summed E-state index contributed by atoms with van der Waals surface area (Å²) in [6.45, 7) is 5.87. The Labute approximate surface area is 179 Å². The van der Waals surface area contributed by atoms with Crippen molar-refractivity contribution in [1.82, 2.24) is 10.6 Å². The topological polar surface area (TPSA) is 70.6 Å². The first-order valence-corrected chi connectivity index (χ1v) is 12.1. The van der Waals surface area contributed by atoms with Gasteiger partial charge in [0.1, 0.15) is 0 Å². The van der Waals surface area contributed by atoms with E-state index in [2.05, 4.69) is 58.1 Å². The van der Waals surface area contributed by atoms with Crippen molar-refractivity contribution < 1.29 is 8.42 Å². The van der Waals surface area contributed by atoms with E-state index in [1.54, 1.807) is 6.07 Å². The summed E-state index contributed by atoms with van der Waals surface area (Å²) in [6.07, 6.45) is 2.13. The van der Waals surface area contributed by atoms with Crippen LogP contribution in [0.1, 0.15) is 23.6 Å². The van der Waals surface area contributed by atoms with E-state index in [1.165, 1.54) is 22.6 Å². The summed E-state index contributed by atoms with van der Waals surface area (Å²) in [7, 11) is -3.20. The second-order valence-corrected chi connectivity index (χ2v) is 9.37. The third-order valence-corrected chi connectivity index (χ3v) is 6.23. The van der Waals surface area contributed by atoms with Gasteiger partial charge in [0, 0.05) is 19.3 Å². The fourth-order valence-electron chi connectivity index (χ4n) is 3.56. The van der Waals surface area contributed by atoms with Gasteiger partial charge >= 0.3 is 0 Å². The normalized spacial score (nSPS) is 12.2. The predicted octanol–water partition coefficient (Wildman–Crippen LogP) is 3.85. The molecule has 0 bridgehead atoms. The minimum Gasteiger partial charge on any atom is -0.357 e. The van der Waals surface area contributed by atoms with Crippen LogP contribution in [0.4, 0.5) is 0 Å². The van der Waals surface area contributed by atoms with Crippen LogP contribution in [0.15, 0.2) is 70.6 Å². The number of fused-ring (bicyclic) bond motifs is 1. The summed E-state index contributed by atoms with van der Waals surface area (Å²) < 4.78 is 23.6. The van der Waals surface area contributed by atoms with E-state index in [0.717, 1.165) is 36.6 Å². The molecule has 2 N–H and O–H groups in total. The molecule has 0 aliphatic carbocycles. The van der Waals surface area contributed by atoms with Gasteiger partial charge in [-0.15, -0.1) is 0 Å². The minimum absolute atomic E-state index is 0.371. The number of hydrogen-bond acceptors (Lipinski definition) is 3. The molecule has 0 heterocycles. The van der Waals surface area contributed by atoms with Crippen LogP contribution in [0.5, 0.6) is 0 Å². The zero-order chi connectivity index (χ0) is 21.6. The molecule has 0 atom stereocenters. The fraction of sp³-hybridized carbons (Fsp3) is 0.292. The predicted molar refractivity (Wildman–Crippen MR) is 125 cm³/mol. The van der Waals surface area contributed by atoms with Crippen molar-refractivity contribution in [3.63, 3.8) is 0 Å². The van der Waals surface area contributed by atoms with Gasteiger partial charge < -0.3 is 10.6 Å². The zero-order valence-electron chi connectivity index (χ0n) is 17.8. The summed E-state index contributed by atoms with van der Waals surface area (Å²) in [5.41, 5.74) is 3.04. The highest BCUT2D eigenvalue weighted by atomic mass is 32.2. The van der Waals surface area contributed by atoms with Gasteiger partial charge in [0.2, 0.25) is 0 Å². The van der Waals surface area contributed by atoms with Crippen molar-refractivity contribution in [3.8, 4) is 0 Å². The van der Waals surface area contributed by atoms with Gasteiger partial charge in [-0.3, -0.25) is 0 Å². The van der Waals surface area contributed by atoms with Crippen molar-refractivity contribution in [2.75, 3.05) is 19.3 Å². The van der Waals surface area contributed by atoms with E-state index < -0.39 is 9.84 Å². The van der Waals surface area contributed by atoms with Gasteiger partial charge in [-0.2, -0.15) is 0 Å². The lowest BCUT2D eigenvalue weighted by atomic mass is 10.0. The van der Waals surface area contributed by atoms with Gasteiger partial charge in [-0.25, -0.2) is 13.4 Å². The lowest BCUT2D eigenvalue weighted by Gasteiger charge is -2.13. The van der Waals surface area contributed by atoms with Crippen LogP contribution in [0.3, 0.4) is 0 Å². The highest BCUT2D eigenvalue weighted by Crippen LogP contribution is 2.19. The molecule has 158 valence electrons. The number of rotatable bonds is 7. The first-order valence-electron chi connectivity index (χ1n) is 10.2. The number of hydrogen-bond donors (Lipinski definition) is 2. The van der Waals surface area contributed by atoms with Crippen molar-refractivity contribution >= 4 is 26.6 Å². The standard InChI is InChI=1S/C24H29N3O2S/c1-4-25-24(27-17-19-12-13-23(18(2)16-19)30(3,28)29)26-15-14-21-10-7-9-20-8-5-6-11-22(20)21/h5-13,16H,4,14-15,17H2,1-3H3,(H2,25,26,27). The van der Waals surface area contributed by atoms with Gasteiger partial charge in [0.25, 0.3) is 0 Å². The molecule has 0 saturated heterocycles. The third-order valence-electron chi connectivity index (χ3n) is 4.97. The maximum atomic E-state index is 11.8. The molecule has 30 heavy (non-hydrogen) atoms. The van der Waals surface area contributed by atoms with Crippen molar-refractivity contribution in [3.05, 3.63) is 77.4 Å². The third kappa shape index (κ3) is 5.60. The van der Waals surface area contributed by atoms with E-state index in [1.807, 2.05) is 26.0 Å². The molecule has 3 aromatic carbocycles. The molecule has 0 saturated carbocycles. The zero-order valence-corrected chi connectivity index (χ0v) is 18.6. The Morgan fingerprint density at radius 2 is 1.77 bits per heavy atom. The molecule has 0 radical (unpaired) electrons. The molecule has 0 fully saturated rings. The lowest BCUT2D eigenvalue weighted by Crippen LogP contribution is -2.38. The maximum Gasteiger partial charge on any atom is 0.191 e. The molecule has 0 aliphatic heterocycles. The Morgan fingerprint density at radius 1 is 1.00 bits per heavy atom. The van der Waals surface area contributed by atoms with Crippen LogP contribution < -0.4 is 10.6 Å². The first-order chi connectivity index (χ1) is 14.4. The van der Waals surface area contributed by atoms with E-state index in [4.69, 9.17) is 0 Å². The number of benzene rings is 3. The summed E-state index contributed by atoms with van der Waals surface area (Å²) in [5, 5.41) is 9.20. The summed E-state index contributed by atoms with van der Waals surface area (Å²) in [5.74, 6) is 0.752. The maximum absolute atomic E-state index is 11.8. The van der Waals surface area contributed by atoms with Crippen LogP contribution in [-0.2, 0) is 22.8 Å². The van der Waals surface area contributed by atoms with E-state index >= 15 is 0 Å². The van der Waals surface area contributed by atoms with Crippen LogP contribution in [-0.4, -0.2) is 33.7 Å². The Bertz CT molecular complexity index is 1150. The SMILES string of the molecule is CCNC(=NCc1ccc(S(C)(=O)=O)c(C)c1)NCCc1cccc2ccccc12. The number of nitrogens with zero attached hydrogens (tertiary/aromatic N) is 1. The monoisotopic (exact) mass is 423 g/mol. The smallest absolute Gasteiger partial charge is 0.191 e. The van der Waals surface area contributed by atoms with Crippen LogP contribution >= 0.6 is 0 Å². The van der Waals surface area contributed by atoms with Gasteiger partial charge in [0.05, 0.1) is 11.4 Å². The summed E-state index contributed by atoms with van der Waals surface area (Å²) >= 11 is 0. The summed E-state index contributed by atoms with van der Waals surface area (Å²) in [6, 6.07) is 20.2. The number of nitrogens with one attached hydrogen (secondary N) is 2. The number of guanidine groups is 1. The van der Waals surface area contributed by atoms with Crippen molar-refractivity contribution in [2.45, 2.75) is 31.7 Å². The molecule has 3 rings (SSSR count). The Balaban J connectivity index is 1.65. The Kier molecular flexibility index (Phi) is 7.11. The average molecular weight is 424 g/mol. The Hall–Kier alpha value is -2.86. The largest absolute Gasteiger partial charge is 0.357 e. The molecule has 0 aromatic heterocycles. The molecule has 0 amide bonds. The lowest BCUT2D eigenvalue weighted by molar-refractivity contribution is 0.601. The highest BCUT2D eigenvalue weighted by molar-refractivity contribution is 7.90.